The van der Waals surface area contributed by atoms with Gasteiger partial charge >= 0.3 is 0 Å². The first-order valence-corrected chi connectivity index (χ1v) is 7.04. The maximum absolute atomic E-state index is 10.3. The maximum atomic E-state index is 10.3. The monoisotopic (exact) mass is 240 g/mol. The second-order valence-corrected chi connectivity index (χ2v) is 6.36. The lowest BCUT2D eigenvalue weighted by Crippen LogP contribution is -2.56. The van der Waals surface area contributed by atoms with Crippen molar-refractivity contribution in [2.45, 2.75) is 57.8 Å². The van der Waals surface area contributed by atoms with Gasteiger partial charge in [-0.15, -0.1) is 0 Å². The standard InChI is InChI=1S/C14H24O3/c1-10-11-4-3-5-12(15)13(11,2)6-7-14(10)16-8-9-17-14/h10-12,15H,3-9H2,1-2H3/t10-,11-,12-,13-/m1/s1. The molecule has 98 valence electrons. The predicted molar refractivity (Wildman–Crippen MR) is 64.5 cm³/mol. The maximum Gasteiger partial charge on any atom is 0.171 e. The third-order valence-corrected chi connectivity index (χ3v) is 5.69. The summed E-state index contributed by atoms with van der Waals surface area (Å²) < 4.78 is 11.8. The normalized spacial score (nSPS) is 49.2. The Morgan fingerprint density at radius 1 is 1.12 bits per heavy atom. The van der Waals surface area contributed by atoms with Gasteiger partial charge in [0.05, 0.1) is 19.3 Å². The van der Waals surface area contributed by atoms with Crippen LogP contribution in [0, 0.1) is 17.3 Å². The van der Waals surface area contributed by atoms with Crippen molar-refractivity contribution in [2.24, 2.45) is 17.3 Å². The van der Waals surface area contributed by atoms with Crippen LogP contribution in [0.1, 0.15) is 46.0 Å². The molecule has 0 radical (unpaired) electrons. The minimum atomic E-state index is -0.332. The molecule has 0 bridgehead atoms. The van der Waals surface area contributed by atoms with Crippen LogP contribution in [0.4, 0.5) is 0 Å². The fourth-order valence-electron chi connectivity index (χ4n) is 4.47. The molecule has 3 aliphatic rings. The Labute approximate surface area is 103 Å². The number of hydrogen-bond acceptors (Lipinski definition) is 3. The second-order valence-electron chi connectivity index (χ2n) is 6.36. The van der Waals surface area contributed by atoms with Crippen molar-refractivity contribution in [3.05, 3.63) is 0 Å². The first-order valence-electron chi connectivity index (χ1n) is 7.04. The highest BCUT2D eigenvalue weighted by molar-refractivity contribution is 5.03. The molecule has 17 heavy (non-hydrogen) atoms. The van der Waals surface area contributed by atoms with Crippen LogP contribution in [0.3, 0.4) is 0 Å². The molecule has 0 aromatic rings. The summed E-state index contributed by atoms with van der Waals surface area (Å²) in [6.07, 6.45) is 5.16. The SMILES string of the molecule is C[C@@H]1[C@H]2CCC[C@@H](O)[C@]2(C)CCC12OCCO2. The molecule has 2 saturated carbocycles. The lowest BCUT2D eigenvalue weighted by atomic mass is 9.54. The molecular formula is C14H24O3. The van der Waals surface area contributed by atoms with Crippen molar-refractivity contribution in [1.29, 1.82) is 0 Å². The van der Waals surface area contributed by atoms with Gasteiger partial charge in [0.2, 0.25) is 0 Å². The van der Waals surface area contributed by atoms with Crippen LogP contribution in [-0.4, -0.2) is 30.2 Å². The molecule has 1 heterocycles. The highest BCUT2D eigenvalue weighted by atomic mass is 16.7. The molecule has 1 spiro atoms. The lowest BCUT2D eigenvalue weighted by Gasteiger charge is -2.56. The Morgan fingerprint density at radius 2 is 1.82 bits per heavy atom. The van der Waals surface area contributed by atoms with E-state index < -0.39 is 0 Å². The van der Waals surface area contributed by atoms with Gasteiger partial charge in [0, 0.05) is 12.3 Å². The van der Waals surface area contributed by atoms with E-state index >= 15 is 0 Å². The predicted octanol–water partition coefficient (Wildman–Crippen LogP) is 2.33. The van der Waals surface area contributed by atoms with Crippen LogP contribution < -0.4 is 0 Å². The number of aliphatic hydroxyl groups excluding tert-OH is 1. The summed E-state index contributed by atoms with van der Waals surface area (Å²) >= 11 is 0. The van der Waals surface area contributed by atoms with Crippen LogP contribution in [0.15, 0.2) is 0 Å². The molecule has 0 aromatic heterocycles. The van der Waals surface area contributed by atoms with Crippen molar-refractivity contribution in [3.63, 3.8) is 0 Å². The van der Waals surface area contributed by atoms with E-state index in [1.807, 2.05) is 0 Å². The lowest BCUT2D eigenvalue weighted by molar-refractivity contribution is -0.258. The number of ether oxygens (including phenoxy) is 2. The molecule has 1 saturated heterocycles. The summed E-state index contributed by atoms with van der Waals surface area (Å²) in [5.41, 5.74) is 0.0816. The average Bonchev–Trinajstić information content (AvgIpc) is 2.78. The molecule has 0 aromatic carbocycles. The molecule has 3 rings (SSSR count). The van der Waals surface area contributed by atoms with E-state index in [1.54, 1.807) is 0 Å². The molecule has 3 heteroatoms. The highest BCUT2D eigenvalue weighted by Gasteiger charge is 2.57. The van der Waals surface area contributed by atoms with Crippen LogP contribution in [-0.2, 0) is 9.47 Å². The van der Waals surface area contributed by atoms with Gasteiger partial charge in [0.25, 0.3) is 0 Å². The van der Waals surface area contributed by atoms with Crippen LogP contribution >= 0.6 is 0 Å². The first-order chi connectivity index (χ1) is 8.08. The molecule has 4 atom stereocenters. The van der Waals surface area contributed by atoms with Gasteiger partial charge in [-0.1, -0.05) is 20.3 Å². The summed E-state index contributed by atoms with van der Waals surface area (Å²) in [6.45, 7) is 5.98. The number of fused-ring (bicyclic) bond motifs is 1. The van der Waals surface area contributed by atoms with Crippen molar-refractivity contribution >= 4 is 0 Å². The Balaban J connectivity index is 1.88. The van der Waals surface area contributed by atoms with Gasteiger partial charge in [-0.3, -0.25) is 0 Å². The smallest absolute Gasteiger partial charge is 0.171 e. The largest absolute Gasteiger partial charge is 0.393 e. The van der Waals surface area contributed by atoms with Gasteiger partial charge < -0.3 is 14.6 Å². The van der Waals surface area contributed by atoms with E-state index in [0.717, 1.165) is 38.9 Å². The second kappa shape index (κ2) is 3.94. The van der Waals surface area contributed by atoms with E-state index in [4.69, 9.17) is 9.47 Å². The minimum absolute atomic E-state index is 0.0816. The van der Waals surface area contributed by atoms with E-state index in [1.165, 1.54) is 6.42 Å². The summed E-state index contributed by atoms with van der Waals surface area (Å²) in [5, 5.41) is 10.3. The van der Waals surface area contributed by atoms with E-state index in [-0.39, 0.29) is 17.3 Å². The first kappa shape index (κ1) is 11.9. The summed E-state index contributed by atoms with van der Waals surface area (Å²) in [7, 11) is 0. The average molecular weight is 240 g/mol. The van der Waals surface area contributed by atoms with Gasteiger partial charge in [-0.25, -0.2) is 0 Å². The zero-order valence-electron chi connectivity index (χ0n) is 10.9. The quantitative estimate of drug-likeness (QED) is 0.706. The topological polar surface area (TPSA) is 38.7 Å². The number of aliphatic hydroxyl groups is 1. The van der Waals surface area contributed by atoms with Crippen LogP contribution in [0.5, 0.6) is 0 Å². The molecule has 0 amide bonds. The highest BCUT2D eigenvalue weighted by Crippen LogP contribution is 2.57. The van der Waals surface area contributed by atoms with Crippen LogP contribution in [0.2, 0.25) is 0 Å². The van der Waals surface area contributed by atoms with Crippen molar-refractivity contribution in [1.82, 2.24) is 0 Å². The fourth-order valence-corrected chi connectivity index (χ4v) is 4.47. The van der Waals surface area contributed by atoms with Crippen molar-refractivity contribution in [3.8, 4) is 0 Å². The molecule has 3 nitrogen and oxygen atoms in total. The van der Waals surface area contributed by atoms with E-state index in [9.17, 15) is 5.11 Å². The Hall–Kier alpha value is -0.120. The summed E-state index contributed by atoms with van der Waals surface area (Å²) in [6, 6.07) is 0. The Morgan fingerprint density at radius 3 is 2.53 bits per heavy atom. The van der Waals surface area contributed by atoms with Gasteiger partial charge in [-0.05, 0) is 30.6 Å². The van der Waals surface area contributed by atoms with Crippen LogP contribution in [0.25, 0.3) is 0 Å². The van der Waals surface area contributed by atoms with Crippen molar-refractivity contribution < 1.29 is 14.6 Å². The van der Waals surface area contributed by atoms with E-state index in [2.05, 4.69) is 13.8 Å². The number of hydrogen-bond donors (Lipinski definition) is 1. The third kappa shape index (κ3) is 1.59. The number of rotatable bonds is 0. The summed E-state index contributed by atoms with van der Waals surface area (Å²) in [5.74, 6) is 0.609. The molecular weight excluding hydrogens is 216 g/mol. The third-order valence-electron chi connectivity index (χ3n) is 5.69. The Bertz CT molecular complexity index is 298. The summed E-state index contributed by atoms with van der Waals surface area (Å²) in [4.78, 5) is 0. The Kier molecular flexibility index (Phi) is 2.77. The molecule has 3 fully saturated rings. The minimum Gasteiger partial charge on any atom is -0.393 e. The zero-order chi connectivity index (χ0) is 12.1. The molecule has 2 aliphatic carbocycles. The van der Waals surface area contributed by atoms with E-state index in [0.29, 0.717) is 11.8 Å². The molecule has 1 N–H and O–H groups in total. The fraction of sp³-hybridized carbons (Fsp3) is 1.00. The molecule has 0 unspecified atom stereocenters. The molecule has 1 aliphatic heterocycles. The zero-order valence-corrected chi connectivity index (χ0v) is 10.9. The van der Waals surface area contributed by atoms with Crippen molar-refractivity contribution in [2.75, 3.05) is 13.2 Å². The van der Waals surface area contributed by atoms with Gasteiger partial charge in [-0.2, -0.15) is 0 Å². The van der Waals surface area contributed by atoms with Gasteiger partial charge in [0.1, 0.15) is 0 Å². The van der Waals surface area contributed by atoms with Gasteiger partial charge in [0.15, 0.2) is 5.79 Å².